The summed E-state index contributed by atoms with van der Waals surface area (Å²) in [5.41, 5.74) is 6.38. The first kappa shape index (κ1) is 20.7. The fourth-order valence-corrected chi connectivity index (χ4v) is 4.20. The smallest absolute Gasteiger partial charge is 0.414 e. The van der Waals surface area contributed by atoms with Gasteiger partial charge in [-0.05, 0) is 74.3 Å². The van der Waals surface area contributed by atoms with Crippen LogP contribution in [0.5, 0.6) is 0 Å². The van der Waals surface area contributed by atoms with Crippen LogP contribution >= 0.6 is 0 Å². The zero-order valence-corrected chi connectivity index (χ0v) is 17.3. The number of carbonyl (C=O) groups is 2. The van der Waals surface area contributed by atoms with Gasteiger partial charge < -0.3 is 25.1 Å². The summed E-state index contributed by atoms with van der Waals surface area (Å²) < 4.78 is 0. The van der Waals surface area contributed by atoms with Gasteiger partial charge in [-0.3, -0.25) is 0 Å². The van der Waals surface area contributed by atoms with Crippen molar-refractivity contribution in [1.82, 2.24) is 14.9 Å². The molecule has 0 saturated carbocycles. The van der Waals surface area contributed by atoms with Crippen LogP contribution in [-0.2, 0) is 9.59 Å². The highest BCUT2D eigenvalue weighted by molar-refractivity contribution is 6.27. The lowest BCUT2D eigenvalue weighted by molar-refractivity contribution is -0.159. The van der Waals surface area contributed by atoms with Gasteiger partial charge in [-0.2, -0.15) is 0 Å². The molecular formula is C24H25N3O4. The average Bonchev–Trinajstić information content (AvgIpc) is 3.38. The SMILES string of the molecule is CN1CCC(c2c[nH]c3ccc(-c4cc5ccccc5[nH]4)cc23)CC1.O=C(O)C(=O)O. The zero-order chi connectivity index (χ0) is 22.0. The molecule has 160 valence electrons. The Morgan fingerprint density at radius 2 is 1.68 bits per heavy atom. The number of hydrogen-bond donors (Lipinski definition) is 4. The minimum atomic E-state index is -1.82. The molecule has 4 N–H and O–H groups in total. The molecule has 7 nitrogen and oxygen atoms in total. The molecule has 0 spiro atoms. The second-order valence-corrected chi connectivity index (χ2v) is 7.96. The van der Waals surface area contributed by atoms with Crippen molar-refractivity contribution >= 4 is 33.7 Å². The number of rotatable bonds is 2. The first-order valence-electron chi connectivity index (χ1n) is 10.3. The van der Waals surface area contributed by atoms with Gasteiger partial charge in [-0.1, -0.05) is 24.3 Å². The van der Waals surface area contributed by atoms with E-state index in [1.165, 1.54) is 64.6 Å². The van der Waals surface area contributed by atoms with Crippen LogP contribution in [-0.4, -0.2) is 57.2 Å². The van der Waals surface area contributed by atoms with Crippen LogP contribution in [0.4, 0.5) is 0 Å². The van der Waals surface area contributed by atoms with Crippen molar-refractivity contribution in [2.24, 2.45) is 0 Å². The average molecular weight is 419 g/mol. The van der Waals surface area contributed by atoms with Gasteiger partial charge in [0.05, 0.1) is 0 Å². The molecule has 3 heterocycles. The number of para-hydroxylation sites is 1. The molecule has 1 fully saturated rings. The number of carboxylic acids is 2. The summed E-state index contributed by atoms with van der Waals surface area (Å²) >= 11 is 0. The number of piperidine rings is 1. The molecule has 7 heteroatoms. The molecule has 1 aliphatic rings. The maximum atomic E-state index is 9.10. The van der Waals surface area contributed by atoms with Crippen molar-refractivity contribution in [2.45, 2.75) is 18.8 Å². The van der Waals surface area contributed by atoms with Crippen LogP contribution in [0.3, 0.4) is 0 Å². The van der Waals surface area contributed by atoms with E-state index in [0.29, 0.717) is 5.92 Å². The molecule has 1 aliphatic heterocycles. The molecule has 0 atom stereocenters. The number of aromatic nitrogens is 2. The van der Waals surface area contributed by atoms with E-state index in [1.54, 1.807) is 0 Å². The number of benzene rings is 2. The van der Waals surface area contributed by atoms with E-state index >= 15 is 0 Å². The minimum Gasteiger partial charge on any atom is -0.473 e. The number of fused-ring (bicyclic) bond motifs is 2. The maximum Gasteiger partial charge on any atom is 0.414 e. The Labute approximate surface area is 179 Å². The van der Waals surface area contributed by atoms with E-state index < -0.39 is 11.9 Å². The summed E-state index contributed by atoms with van der Waals surface area (Å²) in [4.78, 5) is 27.7. The Morgan fingerprint density at radius 1 is 0.968 bits per heavy atom. The predicted octanol–water partition coefficient (Wildman–Crippen LogP) is 4.28. The number of likely N-dealkylation sites (tertiary alicyclic amines) is 1. The van der Waals surface area contributed by atoms with Gasteiger partial charge >= 0.3 is 11.9 Å². The number of nitrogens with one attached hydrogen (secondary N) is 2. The number of nitrogens with zero attached hydrogens (tertiary/aromatic N) is 1. The fraction of sp³-hybridized carbons (Fsp3) is 0.250. The second kappa shape index (κ2) is 8.65. The summed E-state index contributed by atoms with van der Waals surface area (Å²) in [7, 11) is 2.22. The Bertz CT molecular complexity index is 1190. The highest BCUT2D eigenvalue weighted by Crippen LogP contribution is 2.35. The summed E-state index contributed by atoms with van der Waals surface area (Å²) in [6.07, 6.45) is 4.73. The summed E-state index contributed by atoms with van der Waals surface area (Å²) in [6, 6.07) is 17.5. The summed E-state index contributed by atoms with van der Waals surface area (Å²) in [5, 5.41) is 17.4. The van der Waals surface area contributed by atoms with E-state index in [1.807, 2.05) is 0 Å². The molecule has 0 unspecified atom stereocenters. The molecule has 0 bridgehead atoms. The van der Waals surface area contributed by atoms with Gasteiger partial charge in [-0.15, -0.1) is 0 Å². The topological polar surface area (TPSA) is 109 Å². The van der Waals surface area contributed by atoms with Crippen molar-refractivity contribution in [1.29, 1.82) is 0 Å². The molecule has 1 saturated heterocycles. The normalized spacial score (nSPS) is 15.0. The minimum absolute atomic E-state index is 0.669. The Kier molecular flexibility index (Phi) is 5.77. The van der Waals surface area contributed by atoms with E-state index in [-0.39, 0.29) is 0 Å². The van der Waals surface area contributed by atoms with E-state index in [4.69, 9.17) is 19.8 Å². The van der Waals surface area contributed by atoms with Crippen molar-refractivity contribution in [2.75, 3.05) is 20.1 Å². The molecule has 31 heavy (non-hydrogen) atoms. The predicted molar refractivity (Wildman–Crippen MR) is 120 cm³/mol. The number of hydrogen-bond acceptors (Lipinski definition) is 3. The highest BCUT2D eigenvalue weighted by Gasteiger charge is 2.21. The molecular weight excluding hydrogens is 394 g/mol. The van der Waals surface area contributed by atoms with Crippen molar-refractivity contribution in [3.8, 4) is 11.3 Å². The molecule has 2 aromatic carbocycles. The van der Waals surface area contributed by atoms with Gasteiger partial charge in [-0.25, -0.2) is 9.59 Å². The monoisotopic (exact) mass is 419 g/mol. The molecule has 0 amide bonds. The van der Waals surface area contributed by atoms with Crippen molar-refractivity contribution < 1.29 is 19.8 Å². The van der Waals surface area contributed by atoms with Gasteiger partial charge in [0.2, 0.25) is 0 Å². The van der Waals surface area contributed by atoms with Crippen LogP contribution < -0.4 is 0 Å². The Balaban J connectivity index is 0.000000342. The number of aromatic amines is 2. The molecule has 4 aromatic rings. The van der Waals surface area contributed by atoms with Crippen LogP contribution in [0.1, 0.15) is 24.3 Å². The number of aliphatic carboxylic acids is 2. The van der Waals surface area contributed by atoms with Crippen molar-refractivity contribution in [3.05, 3.63) is 60.3 Å². The molecule has 2 aromatic heterocycles. The van der Waals surface area contributed by atoms with Gasteiger partial charge in [0.1, 0.15) is 0 Å². The summed E-state index contributed by atoms with van der Waals surface area (Å²) in [6.45, 7) is 2.39. The van der Waals surface area contributed by atoms with E-state index in [0.717, 1.165) is 0 Å². The fourth-order valence-electron chi connectivity index (χ4n) is 4.20. The van der Waals surface area contributed by atoms with Crippen LogP contribution in [0, 0.1) is 0 Å². The lowest BCUT2D eigenvalue weighted by atomic mass is 9.89. The Morgan fingerprint density at radius 3 is 2.35 bits per heavy atom. The third-order valence-corrected chi connectivity index (χ3v) is 5.90. The highest BCUT2D eigenvalue weighted by atomic mass is 16.4. The lowest BCUT2D eigenvalue weighted by Gasteiger charge is -2.28. The second-order valence-electron chi connectivity index (χ2n) is 7.96. The van der Waals surface area contributed by atoms with Gasteiger partial charge in [0, 0.05) is 33.7 Å². The standard InChI is InChI=1S/C22H23N3.C2H2O4/c1-25-10-8-15(9-11-25)19-14-23-21-7-6-17(12-18(19)21)22-13-16-4-2-3-5-20(16)24-22;3-1(4)2(5)6/h2-7,12-15,23-24H,8-11H2,1H3;(H,3,4)(H,5,6). The number of carboxylic acid groups (broad SMARTS) is 2. The molecule has 5 rings (SSSR count). The largest absolute Gasteiger partial charge is 0.473 e. The zero-order valence-electron chi connectivity index (χ0n) is 17.3. The van der Waals surface area contributed by atoms with Crippen LogP contribution in [0.2, 0.25) is 0 Å². The first-order chi connectivity index (χ1) is 14.9. The quantitative estimate of drug-likeness (QED) is 0.363. The summed E-state index contributed by atoms with van der Waals surface area (Å²) in [5.74, 6) is -2.98. The molecule has 0 radical (unpaired) electrons. The van der Waals surface area contributed by atoms with Crippen LogP contribution in [0.15, 0.2) is 54.7 Å². The lowest BCUT2D eigenvalue weighted by Crippen LogP contribution is -2.29. The first-order valence-corrected chi connectivity index (χ1v) is 10.3. The van der Waals surface area contributed by atoms with Gasteiger partial charge in [0.15, 0.2) is 0 Å². The number of H-pyrrole nitrogens is 2. The van der Waals surface area contributed by atoms with Crippen molar-refractivity contribution in [3.63, 3.8) is 0 Å². The maximum absolute atomic E-state index is 9.10. The third-order valence-electron chi connectivity index (χ3n) is 5.90. The van der Waals surface area contributed by atoms with E-state index in [9.17, 15) is 0 Å². The van der Waals surface area contributed by atoms with E-state index in [2.05, 4.69) is 76.6 Å². The van der Waals surface area contributed by atoms with Crippen LogP contribution in [0.25, 0.3) is 33.1 Å². The van der Waals surface area contributed by atoms with Gasteiger partial charge in [0.25, 0.3) is 0 Å². The molecule has 0 aliphatic carbocycles. The third kappa shape index (κ3) is 4.46. The Hall–Kier alpha value is -3.58.